The predicted octanol–water partition coefficient (Wildman–Crippen LogP) is 2.92. The molecule has 0 spiro atoms. The van der Waals surface area contributed by atoms with E-state index in [0.29, 0.717) is 28.6 Å². The lowest BCUT2D eigenvalue weighted by Gasteiger charge is -2.09. The second-order valence-electron chi connectivity index (χ2n) is 5.49. The summed E-state index contributed by atoms with van der Waals surface area (Å²) in [5.41, 5.74) is 5.41. The molecule has 0 bridgehead atoms. The van der Waals surface area contributed by atoms with E-state index in [1.54, 1.807) is 48.5 Å². The standard InChI is InChI=1S/C19H20ClN3O4/c1-2-27-14-7-5-6-13(12-14)19(26)23-22-18(25)11-10-17(24)21-16-9-4-3-8-15(16)20/h3-9,12H,2,10-11H2,1H3,(H,21,24)(H,22,25)(H,23,26). The van der Waals surface area contributed by atoms with Gasteiger partial charge in [-0.05, 0) is 37.3 Å². The lowest BCUT2D eigenvalue weighted by atomic mass is 10.2. The van der Waals surface area contributed by atoms with Crippen molar-refractivity contribution >= 4 is 35.0 Å². The van der Waals surface area contributed by atoms with Gasteiger partial charge >= 0.3 is 0 Å². The Labute approximate surface area is 162 Å². The number of ether oxygens (including phenoxy) is 1. The average Bonchev–Trinajstić information content (AvgIpc) is 2.67. The second-order valence-corrected chi connectivity index (χ2v) is 5.90. The fraction of sp³-hybridized carbons (Fsp3) is 0.211. The van der Waals surface area contributed by atoms with Crippen LogP contribution in [0, 0.1) is 0 Å². The lowest BCUT2D eigenvalue weighted by Crippen LogP contribution is -2.41. The molecule has 0 aromatic heterocycles. The van der Waals surface area contributed by atoms with Crippen LogP contribution < -0.4 is 20.9 Å². The van der Waals surface area contributed by atoms with Gasteiger partial charge in [0.1, 0.15) is 5.75 Å². The molecule has 0 atom stereocenters. The molecule has 0 unspecified atom stereocenters. The highest BCUT2D eigenvalue weighted by Crippen LogP contribution is 2.20. The molecule has 0 heterocycles. The van der Waals surface area contributed by atoms with Crippen molar-refractivity contribution < 1.29 is 19.1 Å². The largest absolute Gasteiger partial charge is 0.494 e. The molecule has 3 N–H and O–H groups in total. The summed E-state index contributed by atoms with van der Waals surface area (Å²) in [5.74, 6) is -0.759. The van der Waals surface area contributed by atoms with Crippen LogP contribution in [0.15, 0.2) is 48.5 Å². The third-order valence-corrected chi connectivity index (χ3v) is 3.78. The zero-order valence-electron chi connectivity index (χ0n) is 14.8. The first-order valence-electron chi connectivity index (χ1n) is 8.36. The Hall–Kier alpha value is -3.06. The van der Waals surface area contributed by atoms with Gasteiger partial charge in [0.05, 0.1) is 17.3 Å². The van der Waals surface area contributed by atoms with Crippen LogP contribution in [0.5, 0.6) is 5.75 Å². The molecule has 27 heavy (non-hydrogen) atoms. The minimum absolute atomic E-state index is 0.0489. The normalized spacial score (nSPS) is 10.0. The van der Waals surface area contributed by atoms with Crippen molar-refractivity contribution in [2.24, 2.45) is 0 Å². The first kappa shape index (κ1) is 20.3. The molecule has 0 aliphatic rings. The van der Waals surface area contributed by atoms with Gasteiger partial charge < -0.3 is 10.1 Å². The Kier molecular flexibility index (Phi) is 7.63. The van der Waals surface area contributed by atoms with Crippen LogP contribution >= 0.6 is 11.6 Å². The molecule has 0 fully saturated rings. The monoisotopic (exact) mass is 389 g/mol. The number of hydrogen-bond acceptors (Lipinski definition) is 4. The zero-order valence-corrected chi connectivity index (χ0v) is 15.5. The Morgan fingerprint density at radius 1 is 0.963 bits per heavy atom. The fourth-order valence-electron chi connectivity index (χ4n) is 2.16. The number of carbonyl (C=O) groups excluding carboxylic acids is 3. The number of hydrazine groups is 1. The van der Waals surface area contributed by atoms with Crippen LogP contribution in [-0.4, -0.2) is 24.3 Å². The molecule has 3 amide bonds. The number of anilines is 1. The summed E-state index contributed by atoms with van der Waals surface area (Å²) in [7, 11) is 0. The number of para-hydroxylation sites is 1. The van der Waals surface area contributed by atoms with Crippen molar-refractivity contribution in [3.05, 3.63) is 59.1 Å². The van der Waals surface area contributed by atoms with Crippen LogP contribution in [0.1, 0.15) is 30.1 Å². The van der Waals surface area contributed by atoms with Crippen molar-refractivity contribution in [2.45, 2.75) is 19.8 Å². The molecule has 2 aromatic rings. The van der Waals surface area contributed by atoms with Gasteiger partial charge in [0.25, 0.3) is 5.91 Å². The van der Waals surface area contributed by atoms with Gasteiger partial charge in [-0.2, -0.15) is 0 Å². The lowest BCUT2D eigenvalue weighted by molar-refractivity contribution is -0.124. The maximum atomic E-state index is 12.0. The third kappa shape index (κ3) is 6.63. The summed E-state index contributed by atoms with van der Waals surface area (Å²) in [6, 6.07) is 13.4. The molecule has 142 valence electrons. The Morgan fingerprint density at radius 2 is 1.70 bits per heavy atom. The van der Waals surface area contributed by atoms with E-state index in [0.717, 1.165) is 0 Å². The highest BCUT2D eigenvalue weighted by Gasteiger charge is 2.11. The first-order chi connectivity index (χ1) is 13.0. The minimum Gasteiger partial charge on any atom is -0.494 e. The van der Waals surface area contributed by atoms with E-state index >= 15 is 0 Å². The van der Waals surface area contributed by atoms with Crippen molar-refractivity contribution in [2.75, 3.05) is 11.9 Å². The van der Waals surface area contributed by atoms with E-state index < -0.39 is 11.8 Å². The zero-order chi connectivity index (χ0) is 19.6. The van der Waals surface area contributed by atoms with Crippen LogP contribution in [0.3, 0.4) is 0 Å². The van der Waals surface area contributed by atoms with Crippen molar-refractivity contribution in [1.29, 1.82) is 0 Å². The molecular formula is C19H20ClN3O4. The molecule has 0 aliphatic heterocycles. The molecule has 7 nitrogen and oxygen atoms in total. The highest BCUT2D eigenvalue weighted by molar-refractivity contribution is 6.33. The number of carbonyl (C=O) groups is 3. The van der Waals surface area contributed by atoms with Gasteiger partial charge in [-0.1, -0.05) is 29.8 Å². The minimum atomic E-state index is -0.487. The van der Waals surface area contributed by atoms with E-state index in [9.17, 15) is 14.4 Å². The predicted molar refractivity (Wildman–Crippen MR) is 103 cm³/mol. The quantitative estimate of drug-likeness (QED) is 0.634. The van der Waals surface area contributed by atoms with Crippen LogP contribution in [0.25, 0.3) is 0 Å². The van der Waals surface area contributed by atoms with E-state index in [4.69, 9.17) is 16.3 Å². The van der Waals surface area contributed by atoms with Gasteiger partial charge in [-0.3, -0.25) is 25.2 Å². The molecule has 0 radical (unpaired) electrons. The number of nitrogens with one attached hydrogen (secondary N) is 3. The molecule has 0 saturated carbocycles. The van der Waals surface area contributed by atoms with Crippen molar-refractivity contribution in [3.63, 3.8) is 0 Å². The first-order valence-corrected chi connectivity index (χ1v) is 8.74. The number of rotatable bonds is 7. The summed E-state index contributed by atoms with van der Waals surface area (Å²) in [6.45, 7) is 2.33. The molecule has 2 rings (SSSR count). The molecule has 0 saturated heterocycles. The Bertz CT molecular complexity index is 826. The summed E-state index contributed by atoms with van der Waals surface area (Å²) in [5, 5.41) is 3.04. The van der Waals surface area contributed by atoms with Crippen LogP contribution in [0.4, 0.5) is 5.69 Å². The van der Waals surface area contributed by atoms with Crippen molar-refractivity contribution in [1.82, 2.24) is 10.9 Å². The fourth-order valence-corrected chi connectivity index (χ4v) is 2.34. The topological polar surface area (TPSA) is 96.5 Å². The smallest absolute Gasteiger partial charge is 0.269 e. The van der Waals surface area contributed by atoms with E-state index in [1.165, 1.54) is 0 Å². The van der Waals surface area contributed by atoms with Gasteiger partial charge in [-0.15, -0.1) is 0 Å². The van der Waals surface area contributed by atoms with Gasteiger partial charge in [-0.25, -0.2) is 0 Å². The number of halogens is 1. The van der Waals surface area contributed by atoms with E-state index in [-0.39, 0.29) is 18.7 Å². The summed E-state index contributed by atoms with van der Waals surface area (Å²) in [4.78, 5) is 35.7. The van der Waals surface area contributed by atoms with E-state index in [2.05, 4.69) is 16.2 Å². The van der Waals surface area contributed by atoms with Gasteiger partial charge in [0.2, 0.25) is 11.8 Å². The average molecular weight is 390 g/mol. The Morgan fingerprint density at radius 3 is 2.44 bits per heavy atom. The summed E-state index contributed by atoms with van der Waals surface area (Å²) >= 11 is 5.95. The van der Waals surface area contributed by atoms with Crippen LogP contribution in [-0.2, 0) is 9.59 Å². The molecular weight excluding hydrogens is 370 g/mol. The number of benzene rings is 2. The van der Waals surface area contributed by atoms with Crippen LogP contribution in [0.2, 0.25) is 5.02 Å². The van der Waals surface area contributed by atoms with Crippen molar-refractivity contribution in [3.8, 4) is 5.75 Å². The number of hydrogen-bond donors (Lipinski definition) is 3. The maximum absolute atomic E-state index is 12.0. The summed E-state index contributed by atoms with van der Waals surface area (Å²) < 4.78 is 5.32. The second kappa shape index (κ2) is 10.2. The SMILES string of the molecule is CCOc1cccc(C(=O)NNC(=O)CCC(=O)Nc2ccccc2Cl)c1. The Balaban J connectivity index is 1.75. The van der Waals surface area contributed by atoms with E-state index in [1.807, 2.05) is 6.92 Å². The maximum Gasteiger partial charge on any atom is 0.269 e. The third-order valence-electron chi connectivity index (χ3n) is 3.45. The number of amides is 3. The molecule has 8 heteroatoms. The van der Waals surface area contributed by atoms with Gasteiger partial charge in [0.15, 0.2) is 0 Å². The van der Waals surface area contributed by atoms with Gasteiger partial charge in [0, 0.05) is 18.4 Å². The summed E-state index contributed by atoms with van der Waals surface area (Å²) in [6.07, 6.45) is -0.137. The molecule has 0 aliphatic carbocycles. The molecule has 2 aromatic carbocycles. The highest BCUT2D eigenvalue weighted by atomic mass is 35.5.